The molecule has 4 aromatic rings. The summed E-state index contributed by atoms with van der Waals surface area (Å²) in [6, 6.07) is 19.2. The average molecular weight is 843 g/mol. The van der Waals surface area contributed by atoms with Crippen molar-refractivity contribution in [2.24, 2.45) is 0 Å². The van der Waals surface area contributed by atoms with Gasteiger partial charge in [-0.3, -0.25) is 0 Å². The largest absolute Gasteiger partial charge is 0.494 e. The Labute approximate surface area is 371 Å². The van der Waals surface area contributed by atoms with E-state index in [9.17, 15) is 0 Å². The summed E-state index contributed by atoms with van der Waals surface area (Å²) in [5, 5.41) is 0. The topological polar surface area (TPSA) is 73.8 Å². The maximum atomic E-state index is 6.33. The fourth-order valence-electron chi connectivity index (χ4n) is 5.75. The van der Waals surface area contributed by atoms with Crippen LogP contribution in [0.15, 0.2) is 60.7 Å². The Hall–Kier alpha value is -6.04. The van der Waals surface area contributed by atoms with E-state index in [0.29, 0.717) is 110 Å². The van der Waals surface area contributed by atoms with Crippen molar-refractivity contribution in [1.29, 1.82) is 0 Å². The first-order valence-corrected chi connectivity index (χ1v) is 22.6. The molecule has 0 aliphatic heterocycles. The molecule has 4 rings (SSSR count). The van der Waals surface area contributed by atoms with E-state index in [1.165, 1.54) is 0 Å². The van der Waals surface area contributed by atoms with Crippen LogP contribution in [0.2, 0.25) is 0 Å². The molecule has 0 fully saturated rings. The van der Waals surface area contributed by atoms with E-state index in [1.807, 2.05) is 60.7 Å². The van der Waals surface area contributed by atoms with E-state index in [0.717, 1.165) is 74.0 Å². The third-order valence-electron chi connectivity index (χ3n) is 8.78. The minimum absolute atomic E-state index is 0.509. The first-order valence-electron chi connectivity index (χ1n) is 22.6. The molecule has 0 aromatic heterocycles. The van der Waals surface area contributed by atoms with Gasteiger partial charge in [0.05, 0.1) is 86.2 Å². The minimum atomic E-state index is 0.509. The van der Waals surface area contributed by atoms with Crippen molar-refractivity contribution in [2.75, 3.05) is 52.9 Å². The standard InChI is InChI=1S/C54H66O8/c1-9-27-55-47-23-25-49(57-29-11-3)41(35-47)17-19-43-37-53(61-33-15-7)45(39-51(43)59-31-13-5)21-22-46-40-52(60-32-14-6)44(38-54(46)62-34-16-8)20-18-42-36-48(56-28-10-2)24-26-50(42)58-30-12-4/h23-26,35-40H,9-16,27-34H2,1-8H3. The van der Waals surface area contributed by atoms with Gasteiger partial charge in [0.2, 0.25) is 0 Å². The van der Waals surface area contributed by atoms with Gasteiger partial charge in [0.25, 0.3) is 0 Å². The van der Waals surface area contributed by atoms with Crippen LogP contribution >= 0.6 is 0 Å². The Kier molecular flexibility index (Phi) is 21.8. The first-order chi connectivity index (χ1) is 30.4. The van der Waals surface area contributed by atoms with Gasteiger partial charge in [-0.1, -0.05) is 90.9 Å². The van der Waals surface area contributed by atoms with Gasteiger partial charge in [0.1, 0.15) is 46.0 Å². The zero-order valence-electron chi connectivity index (χ0n) is 38.4. The second-order valence-corrected chi connectivity index (χ2v) is 14.5. The lowest BCUT2D eigenvalue weighted by atomic mass is 10.1. The number of ether oxygens (including phenoxy) is 8. The molecule has 0 saturated heterocycles. The Morgan fingerprint density at radius 3 is 0.710 bits per heavy atom. The van der Waals surface area contributed by atoms with Gasteiger partial charge < -0.3 is 37.9 Å². The van der Waals surface area contributed by atoms with Gasteiger partial charge in [-0.05, 0) is 87.8 Å². The highest BCUT2D eigenvalue weighted by atomic mass is 16.5. The highest BCUT2D eigenvalue weighted by Crippen LogP contribution is 2.33. The summed E-state index contributed by atoms with van der Waals surface area (Å²) in [7, 11) is 0. The first kappa shape index (κ1) is 48.6. The Morgan fingerprint density at radius 2 is 0.468 bits per heavy atom. The molecular weight excluding hydrogens is 777 g/mol. The quantitative estimate of drug-likeness (QED) is 0.0646. The zero-order valence-corrected chi connectivity index (χ0v) is 38.4. The zero-order chi connectivity index (χ0) is 44.4. The van der Waals surface area contributed by atoms with E-state index in [1.54, 1.807) is 0 Å². The average Bonchev–Trinajstić information content (AvgIpc) is 3.30. The fraction of sp³-hybridized carbons (Fsp3) is 0.444. The molecule has 4 aromatic carbocycles. The van der Waals surface area contributed by atoms with Gasteiger partial charge in [-0.15, -0.1) is 0 Å². The predicted molar refractivity (Wildman–Crippen MR) is 250 cm³/mol. The van der Waals surface area contributed by atoms with Crippen LogP contribution in [0.5, 0.6) is 46.0 Å². The van der Waals surface area contributed by atoms with Crippen LogP contribution in [0.4, 0.5) is 0 Å². The number of hydrogen-bond donors (Lipinski definition) is 0. The Bertz CT molecular complexity index is 2040. The van der Waals surface area contributed by atoms with E-state index < -0.39 is 0 Å². The molecule has 330 valence electrons. The molecule has 8 heteroatoms. The van der Waals surface area contributed by atoms with Gasteiger partial charge in [-0.2, -0.15) is 0 Å². The van der Waals surface area contributed by atoms with Crippen LogP contribution in [-0.4, -0.2) is 52.9 Å². The van der Waals surface area contributed by atoms with Crippen LogP contribution in [0.25, 0.3) is 0 Å². The van der Waals surface area contributed by atoms with Crippen molar-refractivity contribution in [3.63, 3.8) is 0 Å². The summed E-state index contributed by atoms with van der Waals surface area (Å²) in [4.78, 5) is 0. The highest BCUT2D eigenvalue weighted by Gasteiger charge is 2.15. The van der Waals surface area contributed by atoms with Crippen molar-refractivity contribution in [3.05, 3.63) is 94.0 Å². The number of hydrogen-bond acceptors (Lipinski definition) is 8. The summed E-state index contributed by atoms with van der Waals surface area (Å²) in [5.41, 5.74) is 4.19. The van der Waals surface area contributed by atoms with Crippen molar-refractivity contribution in [2.45, 2.75) is 107 Å². The van der Waals surface area contributed by atoms with Gasteiger partial charge in [0, 0.05) is 24.3 Å². The Balaban J connectivity index is 1.85. The maximum Gasteiger partial charge on any atom is 0.136 e. The lowest BCUT2D eigenvalue weighted by molar-refractivity contribution is 0.307. The maximum absolute atomic E-state index is 6.33. The predicted octanol–water partition coefficient (Wildman–Crippen LogP) is 12.2. The van der Waals surface area contributed by atoms with Gasteiger partial charge >= 0.3 is 0 Å². The second kappa shape index (κ2) is 27.7. The molecule has 0 radical (unpaired) electrons. The monoisotopic (exact) mass is 842 g/mol. The van der Waals surface area contributed by atoms with Crippen LogP contribution in [-0.2, 0) is 0 Å². The van der Waals surface area contributed by atoms with E-state index in [4.69, 9.17) is 37.9 Å². The molecule has 0 aliphatic rings. The number of benzene rings is 4. The molecule has 0 unspecified atom stereocenters. The normalized spacial score (nSPS) is 10.3. The summed E-state index contributed by atoms with van der Waals surface area (Å²) in [6.45, 7) is 21.1. The van der Waals surface area contributed by atoms with Gasteiger partial charge in [-0.25, -0.2) is 0 Å². The van der Waals surface area contributed by atoms with Crippen LogP contribution < -0.4 is 37.9 Å². The Morgan fingerprint density at radius 1 is 0.258 bits per heavy atom. The van der Waals surface area contributed by atoms with Crippen molar-refractivity contribution < 1.29 is 37.9 Å². The minimum Gasteiger partial charge on any atom is -0.494 e. The summed E-state index contributed by atoms with van der Waals surface area (Å²) >= 11 is 0. The van der Waals surface area contributed by atoms with Crippen LogP contribution in [0, 0.1) is 35.5 Å². The van der Waals surface area contributed by atoms with Crippen molar-refractivity contribution in [1.82, 2.24) is 0 Å². The molecule has 0 atom stereocenters. The SMILES string of the molecule is CCCOc1ccc(OCCC)c(C#Cc2cc(OCCC)c(C#Cc3cc(OCCC)c(C#Cc4cc(OCCC)ccc4OCCC)cc3OCCC)cc2OCCC)c1. The van der Waals surface area contributed by atoms with Crippen molar-refractivity contribution >= 4 is 0 Å². The third kappa shape index (κ3) is 15.5. The molecule has 0 spiro atoms. The highest BCUT2D eigenvalue weighted by molar-refractivity contribution is 5.65. The summed E-state index contributed by atoms with van der Waals surface area (Å²) in [5.74, 6) is 25.6. The van der Waals surface area contributed by atoms with E-state index in [-0.39, 0.29) is 0 Å². The molecule has 0 N–H and O–H groups in total. The van der Waals surface area contributed by atoms with Crippen molar-refractivity contribution in [3.8, 4) is 81.5 Å². The molecular formula is C54H66O8. The van der Waals surface area contributed by atoms with Crippen LogP contribution in [0.1, 0.15) is 140 Å². The molecule has 0 heterocycles. The second-order valence-electron chi connectivity index (χ2n) is 14.5. The molecule has 0 saturated carbocycles. The fourth-order valence-corrected chi connectivity index (χ4v) is 5.75. The summed E-state index contributed by atoms with van der Waals surface area (Å²) < 4.78 is 49.3. The van der Waals surface area contributed by atoms with E-state index >= 15 is 0 Å². The molecule has 62 heavy (non-hydrogen) atoms. The molecule has 0 bridgehead atoms. The number of rotatable bonds is 24. The van der Waals surface area contributed by atoms with E-state index in [2.05, 4.69) is 90.9 Å². The van der Waals surface area contributed by atoms with Crippen LogP contribution in [0.3, 0.4) is 0 Å². The molecule has 8 nitrogen and oxygen atoms in total. The molecule has 0 amide bonds. The summed E-state index contributed by atoms with van der Waals surface area (Å²) in [6.07, 6.45) is 6.88. The third-order valence-corrected chi connectivity index (χ3v) is 8.78. The lowest BCUT2D eigenvalue weighted by Crippen LogP contribution is -2.03. The lowest BCUT2D eigenvalue weighted by Gasteiger charge is -2.14. The smallest absolute Gasteiger partial charge is 0.136 e. The van der Waals surface area contributed by atoms with Gasteiger partial charge in [0.15, 0.2) is 0 Å². The molecule has 0 aliphatic carbocycles.